The molecule has 4 heteroatoms. The summed E-state index contributed by atoms with van der Waals surface area (Å²) < 4.78 is 7.96. The number of pyridine rings is 1. The Hall–Kier alpha value is -1.97. The highest BCUT2D eigenvalue weighted by molar-refractivity contribution is 7.98. The standard InChI is InChI=1S/C20H20NOS.ClH/c1-21-14-6-5-9-20(21)23-16-18-10-12-19(13-11-18)22-15-17-7-3-2-4-8-17;/h2-14H,15-16H2,1H3;1H/q+1;/p-1. The number of benzene rings is 2. The van der Waals surface area contributed by atoms with Gasteiger partial charge in [0.2, 0.25) is 5.03 Å². The number of nitrogens with zero attached hydrogens (tertiary/aromatic N) is 1. The van der Waals surface area contributed by atoms with Gasteiger partial charge in [-0.15, -0.1) is 0 Å². The van der Waals surface area contributed by atoms with Crippen LogP contribution in [0.1, 0.15) is 11.1 Å². The van der Waals surface area contributed by atoms with Crippen LogP contribution in [0.2, 0.25) is 0 Å². The monoisotopic (exact) mass is 357 g/mol. The summed E-state index contributed by atoms with van der Waals surface area (Å²) in [5, 5.41) is 1.26. The fraction of sp³-hybridized carbons (Fsp3) is 0.150. The Bertz CT molecular complexity index is 747. The molecule has 2 nitrogen and oxygen atoms in total. The molecule has 0 aliphatic carbocycles. The molecule has 0 bridgehead atoms. The summed E-state index contributed by atoms with van der Waals surface area (Å²) in [7, 11) is 2.07. The largest absolute Gasteiger partial charge is 1.00 e. The normalized spacial score (nSPS) is 10.0. The zero-order valence-electron chi connectivity index (χ0n) is 13.6. The Morgan fingerprint density at radius 1 is 0.833 bits per heavy atom. The Kier molecular flexibility index (Phi) is 7.16. The lowest BCUT2D eigenvalue weighted by molar-refractivity contribution is -0.708. The van der Waals surface area contributed by atoms with E-state index in [-0.39, 0.29) is 12.4 Å². The molecule has 3 aromatic rings. The van der Waals surface area contributed by atoms with Crippen LogP contribution < -0.4 is 21.7 Å². The third-order valence-electron chi connectivity index (χ3n) is 3.57. The summed E-state index contributed by atoms with van der Waals surface area (Å²) in [5.41, 5.74) is 2.48. The van der Waals surface area contributed by atoms with Gasteiger partial charge in [-0.05, 0) is 29.3 Å². The number of hydrogen-bond acceptors (Lipinski definition) is 2. The highest BCUT2D eigenvalue weighted by Crippen LogP contribution is 2.21. The molecule has 0 N–H and O–H groups in total. The number of aryl methyl sites for hydroxylation is 1. The van der Waals surface area contributed by atoms with Crippen molar-refractivity contribution >= 4 is 11.8 Å². The van der Waals surface area contributed by atoms with Crippen molar-refractivity contribution in [3.63, 3.8) is 0 Å². The number of halogens is 1. The van der Waals surface area contributed by atoms with Gasteiger partial charge in [0.1, 0.15) is 19.4 Å². The van der Waals surface area contributed by atoms with Crippen LogP contribution in [0.15, 0.2) is 84.0 Å². The Balaban J connectivity index is 0.00000208. The van der Waals surface area contributed by atoms with Gasteiger partial charge in [0.15, 0.2) is 6.20 Å². The fourth-order valence-electron chi connectivity index (χ4n) is 2.24. The Morgan fingerprint density at radius 3 is 2.25 bits per heavy atom. The van der Waals surface area contributed by atoms with Crippen LogP contribution in [0.3, 0.4) is 0 Å². The minimum atomic E-state index is 0. The van der Waals surface area contributed by atoms with Crippen LogP contribution in [0.25, 0.3) is 0 Å². The minimum absolute atomic E-state index is 0. The molecule has 1 heterocycles. The van der Waals surface area contributed by atoms with E-state index in [1.54, 1.807) is 0 Å². The van der Waals surface area contributed by atoms with Crippen LogP contribution in [0.5, 0.6) is 5.75 Å². The first-order chi connectivity index (χ1) is 11.3. The van der Waals surface area contributed by atoms with E-state index >= 15 is 0 Å². The maximum absolute atomic E-state index is 5.82. The van der Waals surface area contributed by atoms with Crippen molar-refractivity contribution in [3.05, 3.63) is 90.1 Å². The molecule has 0 amide bonds. The fourth-order valence-corrected chi connectivity index (χ4v) is 3.18. The van der Waals surface area contributed by atoms with Crippen molar-refractivity contribution in [2.75, 3.05) is 0 Å². The van der Waals surface area contributed by atoms with Gasteiger partial charge < -0.3 is 17.1 Å². The lowest BCUT2D eigenvalue weighted by Crippen LogP contribution is -3.00. The van der Waals surface area contributed by atoms with Gasteiger partial charge in [0, 0.05) is 17.9 Å². The van der Waals surface area contributed by atoms with Crippen molar-refractivity contribution in [2.45, 2.75) is 17.4 Å². The zero-order valence-corrected chi connectivity index (χ0v) is 15.1. The highest BCUT2D eigenvalue weighted by atomic mass is 35.5. The summed E-state index contributed by atoms with van der Waals surface area (Å²) in [6, 6.07) is 24.8. The first-order valence-electron chi connectivity index (χ1n) is 7.64. The summed E-state index contributed by atoms with van der Waals surface area (Å²) in [4.78, 5) is 0. The average Bonchev–Trinajstić information content (AvgIpc) is 2.61. The lowest BCUT2D eigenvalue weighted by atomic mass is 10.2. The molecule has 0 aliphatic rings. The molecule has 3 rings (SSSR count). The van der Waals surface area contributed by atoms with E-state index in [0.29, 0.717) is 6.61 Å². The van der Waals surface area contributed by atoms with Crippen LogP contribution in [0, 0.1) is 0 Å². The first kappa shape index (κ1) is 18.4. The summed E-state index contributed by atoms with van der Waals surface area (Å²) >= 11 is 1.84. The number of thioether (sulfide) groups is 1. The van der Waals surface area contributed by atoms with Crippen molar-refractivity contribution in [3.8, 4) is 5.75 Å². The smallest absolute Gasteiger partial charge is 0.240 e. The second kappa shape index (κ2) is 9.36. The highest BCUT2D eigenvalue weighted by Gasteiger charge is 2.06. The molecular weight excluding hydrogens is 338 g/mol. The average molecular weight is 358 g/mol. The van der Waals surface area contributed by atoms with Gasteiger partial charge in [-0.25, -0.2) is 0 Å². The molecule has 0 saturated heterocycles. The van der Waals surface area contributed by atoms with Crippen molar-refractivity contribution in [1.29, 1.82) is 0 Å². The van der Waals surface area contributed by atoms with E-state index in [1.165, 1.54) is 16.2 Å². The van der Waals surface area contributed by atoms with E-state index in [1.807, 2.05) is 48.2 Å². The molecule has 0 atom stereocenters. The molecule has 0 unspecified atom stereocenters. The molecule has 0 spiro atoms. The van der Waals surface area contributed by atoms with Gasteiger partial charge in [-0.1, -0.05) is 54.2 Å². The SMILES string of the molecule is C[n+]1ccccc1SCc1ccc(OCc2ccccc2)cc1.[Cl-]. The first-order valence-corrected chi connectivity index (χ1v) is 8.63. The van der Waals surface area contributed by atoms with E-state index in [9.17, 15) is 0 Å². The van der Waals surface area contributed by atoms with E-state index in [2.05, 4.69) is 54.2 Å². The molecule has 0 fully saturated rings. The number of aromatic nitrogens is 1. The van der Waals surface area contributed by atoms with Crippen LogP contribution in [-0.4, -0.2) is 0 Å². The number of hydrogen-bond donors (Lipinski definition) is 0. The van der Waals surface area contributed by atoms with Crippen molar-refractivity contribution in [1.82, 2.24) is 0 Å². The van der Waals surface area contributed by atoms with Crippen molar-refractivity contribution < 1.29 is 21.7 Å². The van der Waals surface area contributed by atoms with Gasteiger partial charge in [0.05, 0.1) is 0 Å². The maximum atomic E-state index is 5.82. The van der Waals surface area contributed by atoms with Gasteiger partial charge in [0.25, 0.3) is 0 Å². The molecule has 124 valence electrons. The van der Waals surface area contributed by atoms with Gasteiger partial charge in [-0.3, -0.25) is 0 Å². The summed E-state index contributed by atoms with van der Waals surface area (Å²) in [6.45, 7) is 0.606. The quantitative estimate of drug-likeness (QED) is 0.488. The van der Waals surface area contributed by atoms with E-state index < -0.39 is 0 Å². The van der Waals surface area contributed by atoms with Crippen LogP contribution in [-0.2, 0) is 19.4 Å². The molecule has 0 radical (unpaired) electrons. The van der Waals surface area contributed by atoms with Gasteiger partial charge >= 0.3 is 0 Å². The Labute approximate surface area is 153 Å². The molecule has 1 aromatic heterocycles. The maximum Gasteiger partial charge on any atom is 0.240 e. The molecular formula is C20H20ClNOS. The second-order valence-corrected chi connectivity index (χ2v) is 6.35. The second-order valence-electron chi connectivity index (χ2n) is 5.36. The predicted molar refractivity (Wildman–Crippen MR) is 94.4 cm³/mol. The van der Waals surface area contributed by atoms with Crippen molar-refractivity contribution in [2.24, 2.45) is 7.05 Å². The number of rotatable bonds is 6. The molecule has 0 aliphatic heterocycles. The van der Waals surface area contributed by atoms with E-state index in [0.717, 1.165) is 11.5 Å². The summed E-state index contributed by atoms with van der Waals surface area (Å²) in [6.07, 6.45) is 2.07. The number of ether oxygens (including phenoxy) is 1. The third kappa shape index (κ3) is 5.29. The predicted octanol–water partition coefficient (Wildman–Crippen LogP) is 1.39. The summed E-state index contributed by atoms with van der Waals surface area (Å²) in [5.74, 6) is 1.87. The molecule has 2 aromatic carbocycles. The third-order valence-corrected chi connectivity index (χ3v) is 4.76. The topological polar surface area (TPSA) is 13.1 Å². The zero-order chi connectivity index (χ0) is 15.9. The van der Waals surface area contributed by atoms with Gasteiger partial charge in [-0.2, -0.15) is 4.57 Å². The lowest BCUT2D eigenvalue weighted by Gasteiger charge is -2.07. The van der Waals surface area contributed by atoms with Crippen LogP contribution in [0.4, 0.5) is 0 Å². The Morgan fingerprint density at radius 2 is 1.54 bits per heavy atom. The van der Waals surface area contributed by atoms with Crippen LogP contribution >= 0.6 is 11.8 Å². The minimum Gasteiger partial charge on any atom is -1.00 e. The molecule has 24 heavy (non-hydrogen) atoms. The van der Waals surface area contributed by atoms with E-state index in [4.69, 9.17) is 4.74 Å². The molecule has 0 saturated carbocycles.